The number of aromatic nitrogens is 4. The Morgan fingerprint density at radius 2 is 1.64 bits per heavy atom. The SMILES string of the molecule is Brc1ccc(-n2c(SCC=Cc3ccccc3)nnc2-c2ccncc2)cc1. The molecule has 0 bridgehead atoms. The Morgan fingerprint density at radius 3 is 2.39 bits per heavy atom. The van der Waals surface area contributed by atoms with Crippen molar-refractivity contribution in [3.05, 3.63) is 95.2 Å². The highest BCUT2D eigenvalue weighted by atomic mass is 79.9. The minimum Gasteiger partial charge on any atom is -0.270 e. The smallest absolute Gasteiger partial charge is 0.196 e. The lowest BCUT2D eigenvalue weighted by Crippen LogP contribution is -1.99. The molecule has 0 saturated heterocycles. The van der Waals surface area contributed by atoms with Crippen molar-refractivity contribution in [1.82, 2.24) is 19.7 Å². The molecule has 0 radical (unpaired) electrons. The largest absolute Gasteiger partial charge is 0.270 e. The van der Waals surface area contributed by atoms with Crippen molar-refractivity contribution in [3.63, 3.8) is 0 Å². The summed E-state index contributed by atoms with van der Waals surface area (Å²) in [5, 5.41) is 9.75. The Labute approximate surface area is 176 Å². The molecule has 4 rings (SSSR count). The maximum atomic E-state index is 4.45. The summed E-state index contributed by atoms with van der Waals surface area (Å²) in [6, 6.07) is 22.3. The van der Waals surface area contributed by atoms with Gasteiger partial charge in [-0.05, 0) is 42.0 Å². The molecule has 0 amide bonds. The number of hydrogen-bond acceptors (Lipinski definition) is 4. The Bertz CT molecular complexity index is 1060. The van der Waals surface area contributed by atoms with E-state index in [0.717, 1.165) is 32.5 Å². The van der Waals surface area contributed by atoms with Crippen LogP contribution in [-0.4, -0.2) is 25.5 Å². The van der Waals surface area contributed by atoms with Gasteiger partial charge in [-0.2, -0.15) is 0 Å². The van der Waals surface area contributed by atoms with E-state index in [-0.39, 0.29) is 0 Å². The van der Waals surface area contributed by atoms with E-state index in [9.17, 15) is 0 Å². The standard InChI is InChI=1S/C22H17BrN4S/c23-19-8-10-20(11-9-19)27-21(18-12-14-24-15-13-18)25-26-22(27)28-16-4-7-17-5-2-1-3-6-17/h1-15H,16H2. The first kappa shape index (κ1) is 18.7. The predicted octanol–water partition coefficient (Wildman–Crippen LogP) is 5.90. The maximum absolute atomic E-state index is 4.45. The van der Waals surface area contributed by atoms with Gasteiger partial charge in [-0.1, -0.05) is 70.2 Å². The van der Waals surface area contributed by atoms with Gasteiger partial charge in [0.25, 0.3) is 0 Å². The van der Waals surface area contributed by atoms with E-state index >= 15 is 0 Å². The monoisotopic (exact) mass is 448 g/mol. The van der Waals surface area contributed by atoms with Gasteiger partial charge < -0.3 is 0 Å². The molecule has 0 aliphatic carbocycles. The van der Waals surface area contributed by atoms with Crippen molar-refractivity contribution in [1.29, 1.82) is 0 Å². The van der Waals surface area contributed by atoms with Gasteiger partial charge in [-0.25, -0.2) is 0 Å². The Balaban J connectivity index is 1.62. The van der Waals surface area contributed by atoms with Gasteiger partial charge in [0.05, 0.1) is 0 Å². The quantitative estimate of drug-likeness (QED) is 0.344. The average Bonchev–Trinajstić information content (AvgIpc) is 3.17. The highest BCUT2D eigenvalue weighted by Gasteiger charge is 2.15. The van der Waals surface area contributed by atoms with Crippen LogP contribution in [0.2, 0.25) is 0 Å². The minimum absolute atomic E-state index is 0.805. The van der Waals surface area contributed by atoms with Gasteiger partial charge in [0.15, 0.2) is 11.0 Å². The van der Waals surface area contributed by atoms with Gasteiger partial charge in [0.2, 0.25) is 0 Å². The lowest BCUT2D eigenvalue weighted by molar-refractivity contribution is 0.887. The fraction of sp³-hybridized carbons (Fsp3) is 0.0455. The van der Waals surface area contributed by atoms with Crippen molar-refractivity contribution in [3.8, 4) is 17.1 Å². The molecule has 28 heavy (non-hydrogen) atoms. The van der Waals surface area contributed by atoms with E-state index < -0.39 is 0 Å². The third-order valence-electron chi connectivity index (χ3n) is 4.08. The van der Waals surface area contributed by atoms with Crippen molar-refractivity contribution in [2.24, 2.45) is 0 Å². The molecule has 2 aromatic heterocycles. The molecule has 0 spiro atoms. The highest BCUT2D eigenvalue weighted by Crippen LogP contribution is 2.28. The number of thioether (sulfide) groups is 1. The molecule has 0 fully saturated rings. The molecule has 6 heteroatoms. The first-order chi connectivity index (χ1) is 13.8. The summed E-state index contributed by atoms with van der Waals surface area (Å²) in [6.07, 6.45) is 7.81. The maximum Gasteiger partial charge on any atom is 0.196 e. The normalized spacial score (nSPS) is 11.2. The van der Waals surface area contributed by atoms with E-state index in [0.29, 0.717) is 0 Å². The summed E-state index contributed by atoms with van der Waals surface area (Å²) in [7, 11) is 0. The van der Waals surface area contributed by atoms with Crippen LogP contribution in [0.5, 0.6) is 0 Å². The van der Waals surface area contributed by atoms with E-state index in [1.807, 2.05) is 42.5 Å². The van der Waals surface area contributed by atoms with Gasteiger partial charge in [0, 0.05) is 33.9 Å². The van der Waals surface area contributed by atoms with Crippen LogP contribution < -0.4 is 0 Å². The zero-order valence-corrected chi connectivity index (χ0v) is 17.3. The second kappa shape index (κ2) is 8.99. The fourth-order valence-electron chi connectivity index (χ4n) is 2.75. The number of halogens is 1. The van der Waals surface area contributed by atoms with E-state index in [4.69, 9.17) is 0 Å². The zero-order chi connectivity index (χ0) is 19.2. The van der Waals surface area contributed by atoms with Crippen LogP contribution in [0.15, 0.2) is 94.8 Å². The Morgan fingerprint density at radius 1 is 0.893 bits per heavy atom. The lowest BCUT2D eigenvalue weighted by atomic mass is 10.2. The number of nitrogens with zero attached hydrogens (tertiary/aromatic N) is 4. The topological polar surface area (TPSA) is 43.6 Å². The summed E-state index contributed by atoms with van der Waals surface area (Å²) in [4.78, 5) is 4.10. The molecule has 0 atom stereocenters. The van der Waals surface area contributed by atoms with E-state index in [2.05, 4.69) is 72.1 Å². The molecular formula is C22H17BrN4S. The third-order valence-corrected chi connectivity index (χ3v) is 5.49. The zero-order valence-electron chi connectivity index (χ0n) is 14.9. The van der Waals surface area contributed by atoms with Crippen molar-refractivity contribution >= 4 is 33.8 Å². The molecule has 2 heterocycles. The first-order valence-electron chi connectivity index (χ1n) is 8.77. The molecule has 4 aromatic rings. The van der Waals surface area contributed by atoms with Crippen LogP contribution in [0.25, 0.3) is 23.2 Å². The van der Waals surface area contributed by atoms with Crippen LogP contribution in [0.4, 0.5) is 0 Å². The molecule has 138 valence electrons. The second-order valence-electron chi connectivity index (χ2n) is 5.98. The van der Waals surface area contributed by atoms with Crippen LogP contribution >= 0.6 is 27.7 Å². The number of hydrogen-bond donors (Lipinski definition) is 0. The summed E-state index contributed by atoms with van der Waals surface area (Å²) in [5.41, 5.74) is 3.20. The van der Waals surface area contributed by atoms with Crippen LogP contribution in [0.1, 0.15) is 5.56 Å². The first-order valence-corrected chi connectivity index (χ1v) is 10.6. The number of pyridine rings is 1. The van der Waals surface area contributed by atoms with Crippen molar-refractivity contribution in [2.45, 2.75) is 5.16 Å². The van der Waals surface area contributed by atoms with E-state index in [1.165, 1.54) is 5.56 Å². The van der Waals surface area contributed by atoms with Crippen molar-refractivity contribution in [2.75, 3.05) is 5.75 Å². The van der Waals surface area contributed by atoms with Gasteiger partial charge in [-0.15, -0.1) is 10.2 Å². The van der Waals surface area contributed by atoms with Gasteiger partial charge >= 0.3 is 0 Å². The average molecular weight is 449 g/mol. The third kappa shape index (κ3) is 4.40. The second-order valence-corrected chi connectivity index (χ2v) is 7.88. The molecule has 2 aromatic carbocycles. The predicted molar refractivity (Wildman–Crippen MR) is 118 cm³/mol. The summed E-state index contributed by atoms with van der Waals surface area (Å²) in [5.74, 6) is 1.61. The molecule has 4 nitrogen and oxygen atoms in total. The van der Waals surface area contributed by atoms with Crippen LogP contribution in [-0.2, 0) is 0 Å². The summed E-state index contributed by atoms with van der Waals surface area (Å²) >= 11 is 5.16. The van der Waals surface area contributed by atoms with Gasteiger partial charge in [0.1, 0.15) is 0 Å². The summed E-state index contributed by atoms with van der Waals surface area (Å²) < 4.78 is 3.12. The Hall–Kier alpha value is -2.70. The highest BCUT2D eigenvalue weighted by molar-refractivity contribution is 9.10. The Kier molecular flexibility index (Phi) is 5.99. The molecule has 0 unspecified atom stereocenters. The summed E-state index contributed by atoms with van der Waals surface area (Å²) in [6.45, 7) is 0. The van der Waals surface area contributed by atoms with Crippen LogP contribution in [0.3, 0.4) is 0 Å². The fourth-order valence-corrected chi connectivity index (χ4v) is 3.77. The van der Waals surface area contributed by atoms with Gasteiger partial charge in [-0.3, -0.25) is 9.55 Å². The number of benzene rings is 2. The number of rotatable bonds is 6. The molecular weight excluding hydrogens is 432 g/mol. The lowest BCUT2D eigenvalue weighted by Gasteiger charge is -2.10. The molecule has 0 aliphatic rings. The van der Waals surface area contributed by atoms with Crippen molar-refractivity contribution < 1.29 is 0 Å². The van der Waals surface area contributed by atoms with E-state index in [1.54, 1.807) is 24.2 Å². The molecule has 0 aliphatic heterocycles. The molecule has 0 N–H and O–H groups in total. The van der Waals surface area contributed by atoms with Crippen LogP contribution in [0, 0.1) is 0 Å². The molecule has 0 saturated carbocycles. The minimum atomic E-state index is 0.805.